The summed E-state index contributed by atoms with van der Waals surface area (Å²) in [6.07, 6.45) is 0. The van der Waals surface area contributed by atoms with Crippen molar-refractivity contribution in [2.75, 3.05) is 13.2 Å². The number of nitrogens with one attached hydrogen (secondary N) is 1. The van der Waals surface area contributed by atoms with Crippen molar-refractivity contribution in [1.29, 1.82) is 0 Å². The van der Waals surface area contributed by atoms with Gasteiger partial charge in [-0.2, -0.15) is 0 Å². The molecule has 0 aliphatic rings. The lowest BCUT2D eigenvalue weighted by molar-refractivity contribution is -0.144. The molecule has 2 aromatic rings. The van der Waals surface area contributed by atoms with Crippen molar-refractivity contribution in [3.8, 4) is 5.75 Å². The van der Waals surface area contributed by atoms with Gasteiger partial charge in [0.15, 0.2) is 0 Å². The molecule has 0 radical (unpaired) electrons. The first-order valence-corrected chi connectivity index (χ1v) is 8.60. The number of benzene rings is 2. The van der Waals surface area contributed by atoms with Gasteiger partial charge in [0, 0.05) is 5.39 Å². The van der Waals surface area contributed by atoms with Gasteiger partial charge in [0.2, 0.25) is 0 Å². The Kier molecular flexibility index (Phi) is 5.94. The topological polar surface area (TPSA) is 67.8 Å². The van der Waals surface area contributed by atoms with Crippen molar-refractivity contribution in [2.24, 2.45) is 5.41 Å². The molecule has 0 aliphatic carbocycles. The lowest BCUT2D eigenvalue weighted by Crippen LogP contribution is -2.26. The maximum atomic E-state index is 11.6. The van der Waals surface area contributed by atoms with E-state index in [9.17, 15) is 9.69 Å². The van der Waals surface area contributed by atoms with E-state index in [2.05, 4.69) is 5.09 Å². The van der Waals surface area contributed by atoms with Crippen molar-refractivity contribution in [3.63, 3.8) is 0 Å². The largest absolute Gasteiger partial charge is 0.464 e. The average Bonchev–Trinajstić information content (AvgIpc) is 2.50. The van der Waals surface area contributed by atoms with Crippen LogP contribution in [0.3, 0.4) is 0 Å². The Labute approximate surface area is 137 Å². The molecule has 0 heterocycles. The van der Waals surface area contributed by atoms with Crippen molar-refractivity contribution in [2.45, 2.75) is 20.8 Å². The number of esters is 1. The Bertz CT molecular complexity index is 664. The predicted molar refractivity (Wildman–Crippen MR) is 92.1 cm³/mol. The Morgan fingerprint density at radius 3 is 2.61 bits per heavy atom. The van der Waals surface area contributed by atoms with Gasteiger partial charge < -0.3 is 14.2 Å². The zero-order chi connectivity index (χ0) is 16.9. The zero-order valence-electron chi connectivity index (χ0n) is 13.6. The molecule has 0 fully saturated rings. The van der Waals surface area contributed by atoms with E-state index in [-0.39, 0.29) is 12.0 Å². The molecule has 0 spiro atoms. The summed E-state index contributed by atoms with van der Waals surface area (Å²) in [5.41, 5.74) is -0.0843. The van der Waals surface area contributed by atoms with Gasteiger partial charge >= 0.3 is 14.5 Å². The first-order valence-electron chi connectivity index (χ1n) is 7.39. The molecule has 2 aromatic carbocycles. The highest BCUT2D eigenvalue weighted by atomic mass is 31.2. The number of fused-ring (bicyclic) bond motifs is 1. The number of carbonyl (C=O) groups excluding carboxylic acids is 1. The Hall–Kier alpha value is -1.68. The summed E-state index contributed by atoms with van der Waals surface area (Å²) in [4.78, 5) is 21.6. The minimum absolute atomic E-state index is 0.0843. The first-order chi connectivity index (χ1) is 10.8. The third kappa shape index (κ3) is 5.79. The van der Waals surface area contributed by atoms with Crippen LogP contribution in [-0.4, -0.2) is 24.0 Å². The van der Waals surface area contributed by atoms with Crippen molar-refractivity contribution >= 4 is 25.3 Å². The van der Waals surface area contributed by atoms with Gasteiger partial charge in [-0.05, 0) is 16.9 Å². The number of hydrogen-bond acceptors (Lipinski definition) is 5. The molecule has 0 aliphatic heterocycles. The van der Waals surface area contributed by atoms with Crippen molar-refractivity contribution in [3.05, 3.63) is 42.5 Å². The monoisotopic (exact) mass is 335 g/mol. The average molecular weight is 335 g/mol. The van der Waals surface area contributed by atoms with E-state index in [0.29, 0.717) is 12.4 Å². The van der Waals surface area contributed by atoms with Crippen LogP contribution >= 0.6 is 8.53 Å². The molecule has 124 valence electrons. The number of rotatable bonds is 6. The summed E-state index contributed by atoms with van der Waals surface area (Å²) in [6.45, 7) is 6.19. The molecule has 0 saturated heterocycles. The minimum Gasteiger partial charge on any atom is -0.464 e. The van der Waals surface area contributed by atoms with E-state index in [1.807, 2.05) is 57.2 Å². The summed E-state index contributed by atoms with van der Waals surface area (Å²) in [5, 5.41) is 4.59. The number of hydrogen-bond donors (Lipinski definition) is 2. The number of ether oxygens (including phenoxy) is 1. The third-order valence-electron chi connectivity index (χ3n) is 2.96. The molecule has 2 rings (SSSR count). The van der Waals surface area contributed by atoms with Gasteiger partial charge in [-0.3, -0.25) is 4.79 Å². The second kappa shape index (κ2) is 7.73. The highest BCUT2D eigenvalue weighted by Crippen LogP contribution is 2.34. The van der Waals surface area contributed by atoms with Gasteiger partial charge in [0.1, 0.15) is 12.3 Å². The summed E-state index contributed by atoms with van der Waals surface area (Å²) >= 11 is 0. The molecule has 1 atom stereocenters. The van der Waals surface area contributed by atoms with Gasteiger partial charge in [0.25, 0.3) is 0 Å². The normalized spacial score (nSPS) is 12.9. The highest BCUT2D eigenvalue weighted by Gasteiger charge is 2.16. The van der Waals surface area contributed by atoms with Gasteiger partial charge in [-0.25, -0.2) is 5.09 Å². The third-order valence-corrected chi connectivity index (χ3v) is 3.76. The lowest BCUT2D eigenvalue weighted by Gasteiger charge is -2.18. The fourth-order valence-electron chi connectivity index (χ4n) is 1.88. The maximum Gasteiger partial charge on any atom is 0.320 e. The molecule has 5 nitrogen and oxygen atoms in total. The SMILES string of the molecule is CC(C)(C)COC(=O)CNP(O)Oc1cccc2ccccc12. The Morgan fingerprint density at radius 1 is 1.17 bits per heavy atom. The summed E-state index contributed by atoms with van der Waals surface area (Å²) in [5.74, 6) is 0.162. The fraction of sp³-hybridized carbons (Fsp3) is 0.353. The first kappa shape index (κ1) is 17.7. The minimum atomic E-state index is -1.95. The quantitative estimate of drug-likeness (QED) is 0.623. The van der Waals surface area contributed by atoms with E-state index in [4.69, 9.17) is 9.26 Å². The van der Waals surface area contributed by atoms with Crippen LogP contribution in [0.5, 0.6) is 5.75 Å². The van der Waals surface area contributed by atoms with Gasteiger partial charge in [0.05, 0.1) is 6.61 Å². The van der Waals surface area contributed by atoms with Crippen LogP contribution < -0.4 is 9.61 Å². The molecule has 23 heavy (non-hydrogen) atoms. The van der Waals surface area contributed by atoms with Crippen molar-refractivity contribution < 1.29 is 18.9 Å². The smallest absolute Gasteiger partial charge is 0.320 e. The Morgan fingerprint density at radius 2 is 1.87 bits per heavy atom. The fourth-order valence-corrected chi connectivity index (χ4v) is 2.56. The van der Waals surface area contributed by atoms with Crippen LogP contribution in [0, 0.1) is 5.41 Å². The number of carbonyl (C=O) groups is 1. The molecule has 0 aromatic heterocycles. The predicted octanol–water partition coefficient (Wildman–Crippen LogP) is 3.62. The molecule has 0 saturated carbocycles. The van der Waals surface area contributed by atoms with Crippen LogP contribution in [0.25, 0.3) is 10.8 Å². The standard InChI is InChI=1S/C17H22NO4P/c1-17(2,3)12-21-16(19)11-18-23(20)22-15-10-6-8-13-7-4-5-9-14(13)15/h4-10,18,20H,11-12H2,1-3H3. The van der Waals surface area contributed by atoms with E-state index in [0.717, 1.165) is 10.8 Å². The summed E-state index contributed by atoms with van der Waals surface area (Å²) < 4.78 is 10.6. The van der Waals surface area contributed by atoms with Crippen LogP contribution in [0.15, 0.2) is 42.5 Å². The van der Waals surface area contributed by atoms with E-state index < -0.39 is 14.5 Å². The van der Waals surface area contributed by atoms with Gasteiger partial charge in [-0.1, -0.05) is 57.2 Å². The van der Waals surface area contributed by atoms with Crippen LogP contribution in [0.4, 0.5) is 0 Å². The molecular weight excluding hydrogens is 313 g/mol. The van der Waals surface area contributed by atoms with E-state index in [1.165, 1.54) is 0 Å². The zero-order valence-corrected chi connectivity index (χ0v) is 14.5. The van der Waals surface area contributed by atoms with Crippen LogP contribution in [0.1, 0.15) is 20.8 Å². The molecule has 1 unspecified atom stereocenters. The molecule has 2 N–H and O–H groups in total. The molecule has 6 heteroatoms. The van der Waals surface area contributed by atoms with E-state index >= 15 is 0 Å². The van der Waals surface area contributed by atoms with E-state index in [1.54, 1.807) is 6.07 Å². The molecule has 0 amide bonds. The second-order valence-corrected chi connectivity index (χ2v) is 7.44. The van der Waals surface area contributed by atoms with Gasteiger partial charge in [-0.15, -0.1) is 0 Å². The van der Waals surface area contributed by atoms with Crippen LogP contribution in [0.2, 0.25) is 0 Å². The maximum absolute atomic E-state index is 11.6. The molecule has 0 bridgehead atoms. The van der Waals surface area contributed by atoms with Crippen LogP contribution in [-0.2, 0) is 9.53 Å². The lowest BCUT2D eigenvalue weighted by atomic mass is 9.99. The Balaban J connectivity index is 1.87. The summed E-state index contributed by atoms with van der Waals surface area (Å²) in [6, 6.07) is 13.4. The highest BCUT2D eigenvalue weighted by molar-refractivity contribution is 7.44. The van der Waals surface area contributed by atoms with Crippen molar-refractivity contribution in [1.82, 2.24) is 5.09 Å². The summed E-state index contributed by atoms with van der Waals surface area (Å²) in [7, 11) is -1.95. The molecular formula is C17H22NO4P. The second-order valence-electron chi connectivity index (χ2n) is 6.40.